The van der Waals surface area contributed by atoms with Crippen LogP contribution in [-0.2, 0) is 27.4 Å². The number of hydrogen-bond donors (Lipinski definition) is 3. The average Bonchev–Trinajstić information content (AvgIpc) is 2.90. The van der Waals surface area contributed by atoms with Crippen LogP contribution in [0.2, 0.25) is 0 Å². The number of morpholine rings is 1. The topological polar surface area (TPSA) is 92.3 Å². The van der Waals surface area contributed by atoms with Crippen LogP contribution in [0.25, 0.3) is 0 Å². The van der Waals surface area contributed by atoms with Gasteiger partial charge in [0.1, 0.15) is 0 Å². The number of rotatable bonds is 8. The molecule has 8 heteroatoms. The van der Waals surface area contributed by atoms with Crippen molar-refractivity contribution in [2.75, 3.05) is 39.4 Å². The van der Waals surface area contributed by atoms with Crippen LogP contribution >= 0.6 is 0 Å². The smallest absolute Gasteiger partial charge is 0.315 e. The molecular formula is C27H37N3O5. The molecule has 8 nitrogen and oxygen atoms in total. The molecule has 190 valence electrons. The van der Waals surface area contributed by atoms with E-state index in [1.165, 1.54) is 0 Å². The van der Waals surface area contributed by atoms with E-state index in [-0.39, 0.29) is 30.8 Å². The summed E-state index contributed by atoms with van der Waals surface area (Å²) < 4.78 is 18.6. The van der Waals surface area contributed by atoms with Gasteiger partial charge in [0.15, 0.2) is 6.29 Å². The highest BCUT2D eigenvalue weighted by atomic mass is 16.7. The minimum atomic E-state index is -0.495. The van der Waals surface area contributed by atoms with Gasteiger partial charge in [-0.05, 0) is 23.6 Å². The fraction of sp³-hybridized carbons (Fsp3) is 0.519. The molecule has 4 rings (SSSR count). The third kappa shape index (κ3) is 6.80. The van der Waals surface area contributed by atoms with Gasteiger partial charge in [0, 0.05) is 44.2 Å². The molecular weight excluding hydrogens is 446 g/mol. The molecule has 2 saturated heterocycles. The lowest BCUT2D eigenvalue weighted by Crippen LogP contribution is -2.47. The summed E-state index contributed by atoms with van der Waals surface area (Å²) in [6, 6.07) is 15.8. The highest BCUT2D eigenvalue weighted by molar-refractivity contribution is 5.73. The Hall–Kier alpha value is -2.49. The van der Waals surface area contributed by atoms with E-state index in [9.17, 15) is 9.90 Å². The Balaban J connectivity index is 1.50. The van der Waals surface area contributed by atoms with Crippen molar-refractivity contribution in [3.63, 3.8) is 0 Å². The number of carbonyl (C=O) groups excluding carboxylic acids is 1. The summed E-state index contributed by atoms with van der Waals surface area (Å²) in [4.78, 5) is 14.1. The molecule has 2 fully saturated rings. The van der Waals surface area contributed by atoms with Gasteiger partial charge in [-0.3, -0.25) is 4.90 Å². The van der Waals surface area contributed by atoms with Crippen molar-refractivity contribution in [3.05, 3.63) is 70.8 Å². The molecule has 0 aromatic heterocycles. The number of urea groups is 1. The van der Waals surface area contributed by atoms with Crippen LogP contribution in [-0.4, -0.2) is 61.5 Å². The molecule has 2 aliphatic rings. The van der Waals surface area contributed by atoms with Crippen LogP contribution in [0.1, 0.15) is 48.5 Å². The zero-order chi connectivity index (χ0) is 24.6. The third-order valence-electron chi connectivity index (χ3n) is 6.71. The summed E-state index contributed by atoms with van der Waals surface area (Å²) >= 11 is 0. The van der Waals surface area contributed by atoms with Crippen molar-refractivity contribution >= 4 is 6.03 Å². The van der Waals surface area contributed by atoms with Gasteiger partial charge in [0.25, 0.3) is 0 Å². The van der Waals surface area contributed by atoms with Crippen molar-refractivity contribution in [1.29, 1.82) is 0 Å². The molecule has 2 aromatic carbocycles. The highest BCUT2D eigenvalue weighted by Gasteiger charge is 2.39. The van der Waals surface area contributed by atoms with E-state index in [1.807, 2.05) is 55.5 Å². The molecule has 35 heavy (non-hydrogen) atoms. The molecule has 2 aromatic rings. The molecule has 2 amide bonds. The van der Waals surface area contributed by atoms with Gasteiger partial charge < -0.3 is 30.0 Å². The number of aliphatic hydroxyl groups is 1. The van der Waals surface area contributed by atoms with Gasteiger partial charge in [0.2, 0.25) is 0 Å². The summed E-state index contributed by atoms with van der Waals surface area (Å²) in [6.07, 6.45) is -0.634. The van der Waals surface area contributed by atoms with E-state index in [0.717, 1.165) is 55.1 Å². The van der Waals surface area contributed by atoms with Gasteiger partial charge in [0.05, 0.1) is 32.0 Å². The molecule has 0 aliphatic carbocycles. The zero-order valence-corrected chi connectivity index (χ0v) is 20.6. The monoisotopic (exact) mass is 483 g/mol. The van der Waals surface area contributed by atoms with E-state index in [1.54, 1.807) is 0 Å². The third-order valence-corrected chi connectivity index (χ3v) is 6.71. The maximum absolute atomic E-state index is 11.7. The fourth-order valence-electron chi connectivity index (χ4n) is 4.56. The minimum absolute atomic E-state index is 0.00606. The number of carbonyl (C=O) groups is 1. The van der Waals surface area contributed by atoms with Gasteiger partial charge >= 0.3 is 6.03 Å². The molecule has 2 heterocycles. The molecule has 0 spiro atoms. The second kappa shape index (κ2) is 12.5. The summed E-state index contributed by atoms with van der Waals surface area (Å²) in [5.41, 5.74) is 3.91. The first-order chi connectivity index (χ1) is 17.1. The average molecular weight is 484 g/mol. The van der Waals surface area contributed by atoms with E-state index in [4.69, 9.17) is 14.2 Å². The van der Waals surface area contributed by atoms with Crippen molar-refractivity contribution in [2.45, 2.75) is 45.5 Å². The van der Waals surface area contributed by atoms with E-state index in [2.05, 4.69) is 22.5 Å². The van der Waals surface area contributed by atoms with Gasteiger partial charge in [-0.1, -0.05) is 55.5 Å². The summed E-state index contributed by atoms with van der Waals surface area (Å²) in [5, 5.41) is 15.0. The van der Waals surface area contributed by atoms with Crippen molar-refractivity contribution < 1.29 is 24.1 Å². The molecule has 0 bridgehead atoms. The quantitative estimate of drug-likeness (QED) is 0.534. The van der Waals surface area contributed by atoms with Crippen molar-refractivity contribution in [1.82, 2.24) is 15.5 Å². The first kappa shape index (κ1) is 25.6. The van der Waals surface area contributed by atoms with Gasteiger partial charge in [-0.2, -0.15) is 0 Å². The first-order valence-electron chi connectivity index (χ1n) is 12.5. The predicted molar refractivity (Wildman–Crippen MR) is 133 cm³/mol. The Labute approximate surface area is 207 Å². The number of hydrogen-bond acceptors (Lipinski definition) is 6. The Kier molecular flexibility index (Phi) is 9.12. The lowest BCUT2D eigenvalue weighted by molar-refractivity contribution is -0.277. The second-order valence-corrected chi connectivity index (χ2v) is 9.19. The van der Waals surface area contributed by atoms with Crippen molar-refractivity contribution in [3.8, 4) is 0 Å². The molecule has 0 saturated carbocycles. The number of aliphatic hydroxyl groups excluding tert-OH is 1. The van der Waals surface area contributed by atoms with Crippen LogP contribution in [0.5, 0.6) is 0 Å². The van der Waals surface area contributed by atoms with E-state index in [0.29, 0.717) is 13.1 Å². The first-order valence-corrected chi connectivity index (χ1v) is 12.5. The van der Waals surface area contributed by atoms with E-state index >= 15 is 0 Å². The standard InChI is InChI=1S/C27H37N3O5/c1-3-28-27(32)29-16-20-4-10-23(11-5-20)26-34-24(17-30-12-14-33-15-13-30)19(2)25(35-26)22-8-6-21(18-31)7-9-22/h4-11,19,24-26,31H,3,12-18H2,1-2H3,(H2,28,29,32)/t19-,24+,25+,26+/m0/s1. The van der Waals surface area contributed by atoms with Crippen LogP contribution in [0.15, 0.2) is 48.5 Å². The Morgan fingerprint density at radius 2 is 1.63 bits per heavy atom. The van der Waals surface area contributed by atoms with Gasteiger partial charge in [-0.15, -0.1) is 0 Å². The summed E-state index contributed by atoms with van der Waals surface area (Å²) in [6.45, 7) is 9.27. The SMILES string of the molecule is CCNC(=O)NCc1ccc([C@@H]2O[C@H](CN3CCOCC3)[C@H](C)[C@H](c3ccc(CO)cc3)O2)cc1. The molecule has 0 unspecified atom stereocenters. The number of nitrogens with zero attached hydrogens (tertiary/aromatic N) is 1. The molecule has 0 radical (unpaired) electrons. The normalized spacial score (nSPS) is 25.2. The Morgan fingerprint density at radius 1 is 0.971 bits per heavy atom. The second-order valence-electron chi connectivity index (χ2n) is 9.19. The molecule has 4 atom stereocenters. The number of benzene rings is 2. The maximum Gasteiger partial charge on any atom is 0.315 e. The Morgan fingerprint density at radius 3 is 2.29 bits per heavy atom. The van der Waals surface area contributed by atoms with Crippen LogP contribution < -0.4 is 10.6 Å². The summed E-state index contributed by atoms with van der Waals surface area (Å²) in [7, 11) is 0. The van der Waals surface area contributed by atoms with Crippen molar-refractivity contribution in [2.24, 2.45) is 5.92 Å². The van der Waals surface area contributed by atoms with Crippen LogP contribution in [0, 0.1) is 5.92 Å². The van der Waals surface area contributed by atoms with Gasteiger partial charge in [-0.25, -0.2) is 4.79 Å². The maximum atomic E-state index is 11.7. The summed E-state index contributed by atoms with van der Waals surface area (Å²) in [5.74, 6) is 0.148. The lowest BCUT2D eigenvalue weighted by Gasteiger charge is -2.43. The van der Waals surface area contributed by atoms with Crippen LogP contribution in [0.4, 0.5) is 4.79 Å². The Bertz CT molecular complexity index is 931. The molecule has 2 aliphatic heterocycles. The predicted octanol–water partition coefficient (Wildman–Crippen LogP) is 3.12. The van der Waals surface area contributed by atoms with E-state index < -0.39 is 6.29 Å². The largest absolute Gasteiger partial charge is 0.392 e. The number of nitrogens with one attached hydrogen (secondary N) is 2. The fourth-order valence-corrected chi connectivity index (χ4v) is 4.56. The highest BCUT2D eigenvalue weighted by Crippen LogP contribution is 2.41. The number of amides is 2. The molecule has 3 N–H and O–H groups in total. The number of ether oxygens (including phenoxy) is 3. The lowest BCUT2D eigenvalue weighted by atomic mass is 9.90. The zero-order valence-electron chi connectivity index (χ0n) is 20.6. The minimum Gasteiger partial charge on any atom is -0.392 e. The van der Waals surface area contributed by atoms with Crippen LogP contribution in [0.3, 0.4) is 0 Å².